The van der Waals surface area contributed by atoms with Gasteiger partial charge < -0.3 is 5.32 Å². The van der Waals surface area contributed by atoms with E-state index in [2.05, 4.69) is 42.6 Å². The predicted molar refractivity (Wildman–Crippen MR) is 62.3 cm³/mol. The van der Waals surface area contributed by atoms with Crippen molar-refractivity contribution in [3.63, 3.8) is 0 Å². The maximum Gasteiger partial charge on any atom is 0.0697 e. The molecule has 0 radical (unpaired) electrons. The first kappa shape index (κ1) is 11.7. The Labute approximate surface area is 91.9 Å². The van der Waals surface area contributed by atoms with Gasteiger partial charge in [-0.1, -0.05) is 29.8 Å². The van der Waals surface area contributed by atoms with Gasteiger partial charge in [0.25, 0.3) is 0 Å². The summed E-state index contributed by atoms with van der Waals surface area (Å²) < 4.78 is 0. The molecule has 0 heterocycles. The van der Waals surface area contributed by atoms with E-state index in [1.807, 2.05) is 13.8 Å². The Kier molecular flexibility index (Phi) is 3.88. The molecule has 0 spiro atoms. The van der Waals surface area contributed by atoms with Crippen LogP contribution in [0, 0.1) is 23.7 Å². The minimum absolute atomic E-state index is 0.288. The zero-order chi connectivity index (χ0) is 11.3. The van der Waals surface area contributed by atoms with Crippen molar-refractivity contribution in [1.82, 2.24) is 5.32 Å². The van der Waals surface area contributed by atoms with Gasteiger partial charge in [-0.2, -0.15) is 5.26 Å². The monoisotopic (exact) mass is 202 g/mol. The zero-order valence-electron chi connectivity index (χ0n) is 9.67. The Morgan fingerprint density at radius 3 is 2.73 bits per heavy atom. The van der Waals surface area contributed by atoms with Gasteiger partial charge in [0.1, 0.15) is 0 Å². The average Bonchev–Trinajstić information content (AvgIpc) is 2.18. The SMILES string of the molecule is Cc1cccc(CNCC(C)(C)C#N)c1. The highest BCUT2D eigenvalue weighted by Gasteiger charge is 2.15. The van der Waals surface area contributed by atoms with Crippen LogP contribution in [0.5, 0.6) is 0 Å². The Hall–Kier alpha value is -1.33. The summed E-state index contributed by atoms with van der Waals surface area (Å²) >= 11 is 0. The van der Waals surface area contributed by atoms with Crippen LogP contribution >= 0.6 is 0 Å². The Morgan fingerprint density at radius 2 is 2.13 bits per heavy atom. The van der Waals surface area contributed by atoms with Crippen LogP contribution in [0.4, 0.5) is 0 Å². The van der Waals surface area contributed by atoms with Crippen LogP contribution in [0.1, 0.15) is 25.0 Å². The van der Waals surface area contributed by atoms with Gasteiger partial charge in [-0.15, -0.1) is 0 Å². The van der Waals surface area contributed by atoms with E-state index in [1.54, 1.807) is 0 Å². The molecule has 0 aromatic heterocycles. The van der Waals surface area contributed by atoms with E-state index in [-0.39, 0.29) is 5.41 Å². The Morgan fingerprint density at radius 1 is 1.40 bits per heavy atom. The third-order valence-corrected chi connectivity index (χ3v) is 2.28. The molecule has 1 N–H and O–H groups in total. The molecule has 1 aromatic rings. The van der Waals surface area contributed by atoms with Crippen molar-refractivity contribution in [2.45, 2.75) is 27.3 Å². The maximum atomic E-state index is 8.85. The quantitative estimate of drug-likeness (QED) is 0.814. The molecule has 2 nitrogen and oxygen atoms in total. The number of nitrogens with zero attached hydrogens (tertiary/aromatic N) is 1. The van der Waals surface area contributed by atoms with E-state index in [0.717, 1.165) is 13.1 Å². The molecule has 0 aliphatic heterocycles. The normalized spacial score (nSPS) is 11.1. The number of rotatable bonds is 4. The van der Waals surface area contributed by atoms with Gasteiger partial charge in [0.2, 0.25) is 0 Å². The number of benzene rings is 1. The van der Waals surface area contributed by atoms with Crippen molar-refractivity contribution in [3.05, 3.63) is 35.4 Å². The first-order valence-electron chi connectivity index (χ1n) is 5.21. The van der Waals surface area contributed by atoms with Gasteiger partial charge in [-0.3, -0.25) is 0 Å². The molecule has 0 aliphatic rings. The van der Waals surface area contributed by atoms with Crippen molar-refractivity contribution >= 4 is 0 Å². The highest BCUT2D eigenvalue weighted by atomic mass is 14.9. The van der Waals surface area contributed by atoms with E-state index >= 15 is 0 Å². The van der Waals surface area contributed by atoms with Crippen molar-refractivity contribution < 1.29 is 0 Å². The van der Waals surface area contributed by atoms with E-state index in [9.17, 15) is 0 Å². The molecular weight excluding hydrogens is 184 g/mol. The van der Waals surface area contributed by atoms with Gasteiger partial charge in [0.15, 0.2) is 0 Å². The number of hydrogen-bond acceptors (Lipinski definition) is 2. The van der Waals surface area contributed by atoms with Gasteiger partial charge in [-0.25, -0.2) is 0 Å². The summed E-state index contributed by atoms with van der Waals surface area (Å²) in [5, 5.41) is 12.1. The second-order valence-corrected chi connectivity index (χ2v) is 4.59. The minimum atomic E-state index is -0.288. The van der Waals surface area contributed by atoms with E-state index in [0.29, 0.717) is 0 Å². The third kappa shape index (κ3) is 4.14. The Balaban J connectivity index is 2.42. The standard InChI is InChI=1S/C13H18N2/c1-11-5-4-6-12(7-11)8-15-10-13(2,3)9-14/h4-7,15H,8,10H2,1-3H3. The number of nitrogens with one attached hydrogen (secondary N) is 1. The number of aryl methyl sites for hydroxylation is 1. The molecule has 1 aromatic carbocycles. The summed E-state index contributed by atoms with van der Waals surface area (Å²) in [7, 11) is 0. The minimum Gasteiger partial charge on any atom is -0.311 e. The van der Waals surface area contributed by atoms with Crippen molar-refractivity contribution in [1.29, 1.82) is 5.26 Å². The summed E-state index contributed by atoms with van der Waals surface area (Å²) in [6.07, 6.45) is 0. The lowest BCUT2D eigenvalue weighted by Crippen LogP contribution is -2.27. The van der Waals surface area contributed by atoms with E-state index in [1.165, 1.54) is 11.1 Å². The maximum absolute atomic E-state index is 8.85. The van der Waals surface area contributed by atoms with Crippen molar-refractivity contribution in [3.8, 4) is 6.07 Å². The van der Waals surface area contributed by atoms with Crippen LogP contribution in [0.25, 0.3) is 0 Å². The van der Waals surface area contributed by atoms with Crippen LogP contribution in [-0.4, -0.2) is 6.54 Å². The number of hydrogen-bond donors (Lipinski definition) is 1. The molecule has 80 valence electrons. The summed E-state index contributed by atoms with van der Waals surface area (Å²) in [5.41, 5.74) is 2.25. The molecule has 0 fully saturated rings. The van der Waals surface area contributed by atoms with Gasteiger partial charge >= 0.3 is 0 Å². The first-order chi connectivity index (χ1) is 7.03. The highest BCUT2D eigenvalue weighted by molar-refractivity contribution is 5.22. The fraction of sp³-hybridized carbons (Fsp3) is 0.462. The first-order valence-corrected chi connectivity index (χ1v) is 5.21. The summed E-state index contributed by atoms with van der Waals surface area (Å²) in [4.78, 5) is 0. The van der Waals surface area contributed by atoms with Crippen LogP contribution in [0.3, 0.4) is 0 Å². The summed E-state index contributed by atoms with van der Waals surface area (Å²) in [5.74, 6) is 0. The summed E-state index contributed by atoms with van der Waals surface area (Å²) in [6.45, 7) is 7.51. The molecular formula is C13H18N2. The van der Waals surface area contributed by atoms with Gasteiger partial charge in [-0.05, 0) is 26.3 Å². The molecule has 0 saturated carbocycles. The molecule has 0 amide bonds. The molecule has 0 aliphatic carbocycles. The van der Waals surface area contributed by atoms with Crippen molar-refractivity contribution in [2.75, 3.05) is 6.54 Å². The average molecular weight is 202 g/mol. The third-order valence-electron chi connectivity index (χ3n) is 2.28. The number of nitriles is 1. The van der Waals surface area contributed by atoms with Crippen LogP contribution < -0.4 is 5.32 Å². The summed E-state index contributed by atoms with van der Waals surface area (Å²) in [6, 6.07) is 10.7. The zero-order valence-corrected chi connectivity index (χ0v) is 9.67. The van der Waals surface area contributed by atoms with Crippen LogP contribution in [-0.2, 0) is 6.54 Å². The van der Waals surface area contributed by atoms with Gasteiger partial charge in [0, 0.05) is 13.1 Å². The largest absolute Gasteiger partial charge is 0.311 e. The highest BCUT2D eigenvalue weighted by Crippen LogP contribution is 2.11. The molecule has 2 heteroatoms. The Bertz CT molecular complexity index is 361. The lowest BCUT2D eigenvalue weighted by Gasteiger charge is -2.15. The fourth-order valence-electron chi connectivity index (χ4n) is 1.38. The van der Waals surface area contributed by atoms with Gasteiger partial charge in [0.05, 0.1) is 11.5 Å². The van der Waals surface area contributed by atoms with Crippen molar-refractivity contribution in [2.24, 2.45) is 5.41 Å². The predicted octanol–water partition coefficient (Wildman–Crippen LogP) is 2.63. The smallest absolute Gasteiger partial charge is 0.0697 e. The lowest BCUT2D eigenvalue weighted by molar-refractivity contribution is 0.445. The fourth-order valence-corrected chi connectivity index (χ4v) is 1.38. The van der Waals surface area contributed by atoms with E-state index < -0.39 is 0 Å². The molecule has 0 unspecified atom stereocenters. The molecule has 0 atom stereocenters. The van der Waals surface area contributed by atoms with Crippen LogP contribution in [0.15, 0.2) is 24.3 Å². The van der Waals surface area contributed by atoms with E-state index in [4.69, 9.17) is 5.26 Å². The van der Waals surface area contributed by atoms with Crippen LogP contribution in [0.2, 0.25) is 0 Å². The molecule has 15 heavy (non-hydrogen) atoms. The topological polar surface area (TPSA) is 35.8 Å². The second kappa shape index (κ2) is 4.95. The lowest BCUT2D eigenvalue weighted by atomic mass is 9.96. The molecule has 1 rings (SSSR count). The second-order valence-electron chi connectivity index (χ2n) is 4.59. The molecule has 0 saturated heterocycles. The molecule has 0 bridgehead atoms.